The number of furan rings is 1. The lowest BCUT2D eigenvalue weighted by atomic mass is 9.82. The second kappa shape index (κ2) is 12.3. The van der Waals surface area contributed by atoms with Crippen LogP contribution in [0, 0.1) is 0 Å². The van der Waals surface area contributed by atoms with Crippen LogP contribution in [0.15, 0.2) is 192 Å². The highest BCUT2D eigenvalue weighted by Crippen LogP contribution is 2.55. The van der Waals surface area contributed by atoms with Gasteiger partial charge in [-0.15, -0.1) is 0 Å². The quantitative estimate of drug-likeness (QED) is 0.174. The second-order valence-corrected chi connectivity index (χ2v) is 14.5. The maximum absolute atomic E-state index is 6.80. The molecule has 1 heterocycles. The van der Waals surface area contributed by atoms with E-state index in [4.69, 9.17) is 4.42 Å². The molecule has 0 radical (unpaired) electrons. The van der Waals surface area contributed by atoms with Crippen LogP contribution in [-0.2, 0) is 5.41 Å². The first kappa shape index (κ1) is 31.1. The van der Waals surface area contributed by atoms with Gasteiger partial charge in [0.25, 0.3) is 0 Å². The van der Waals surface area contributed by atoms with Crippen LogP contribution < -0.4 is 4.90 Å². The molecule has 1 aliphatic carbocycles. The van der Waals surface area contributed by atoms with E-state index in [-0.39, 0.29) is 5.41 Å². The Kier molecular flexibility index (Phi) is 7.19. The molecule has 8 aromatic carbocycles. The van der Waals surface area contributed by atoms with E-state index in [1.165, 1.54) is 38.9 Å². The maximum Gasteiger partial charge on any atom is 0.145 e. The topological polar surface area (TPSA) is 16.4 Å². The fourth-order valence-electron chi connectivity index (χ4n) is 8.48. The Morgan fingerprint density at radius 3 is 1.83 bits per heavy atom. The summed E-state index contributed by atoms with van der Waals surface area (Å²) in [5.74, 6) is 0. The Morgan fingerprint density at radius 2 is 1.04 bits per heavy atom. The van der Waals surface area contributed by atoms with Gasteiger partial charge in [0.2, 0.25) is 0 Å². The molecule has 53 heavy (non-hydrogen) atoms. The van der Waals surface area contributed by atoms with Gasteiger partial charge >= 0.3 is 0 Å². The minimum Gasteiger partial charge on any atom is -0.455 e. The van der Waals surface area contributed by atoms with Gasteiger partial charge in [-0.3, -0.25) is 0 Å². The summed E-state index contributed by atoms with van der Waals surface area (Å²) >= 11 is 0. The molecule has 0 saturated heterocycles. The SMILES string of the molecule is CC1(C)c2ccccc2-c2c(N(c3cccc(-c4ccc(-c5ccccc5)cc4)c3)c3ccc(-c4ccccc4)c4oc5ccccc5c34)cccc21. The van der Waals surface area contributed by atoms with E-state index in [2.05, 4.69) is 207 Å². The van der Waals surface area contributed by atoms with Crippen molar-refractivity contribution in [3.05, 3.63) is 199 Å². The first-order chi connectivity index (χ1) is 26.1. The summed E-state index contributed by atoms with van der Waals surface area (Å²) in [6, 6.07) is 67.7. The van der Waals surface area contributed by atoms with Gasteiger partial charge in [0.15, 0.2) is 0 Å². The molecular weight excluding hydrogens is 643 g/mol. The van der Waals surface area contributed by atoms with Crippen molar-refractivity contribution < 1.29 is 4.42 Å². The molecule has 252 valence electrons. The molecule has 0 fully saturated rings. The lowest BCUT2D eigenvalue weighted by Crippen LogP contribution is -2.16. The van der Waals surface area contributed by atoms with E-state index in [0.717, 1.165) is 55.7 Å². The number of benzene rings is 8. The zero-order valence-electron chi connectivity index (χ0n) is 29.8. The van der Waals surface area contributed by atoms with Gasteiger partial charge in [0.1, 0.15) is 11.2 Å². The van der Waals surface area contributed by atoms with E-state index in [1.54, 1.807) is 0 Å². The van der Waals surface area contributed by atoms with Crippen LogP contribution >= 0.6 is 0 Å². The highest BCUT2D eigenvalue weighted by Gasteiger charge is 2.38. The van der Waals surface area contributed by atoms with Crippen molar-refractivity contribution in [1.29, 1.82) is 0 Å². The standard InChI is InChI=1S/C51H37NO/c1-51(2)43-23-11-9-21-41(43)48-44(51)24-14-25-45(48)52(39-20-13-19-38(33-39)36-29-27-35(28-30-36)34-15-5-3-6-16-34)46-32-31-40(37-17-7-4-8-18-37)50-49(46)42-22-10-12-26-47(42)53-50/h3-33H,1-2H3. The van der Waals surface area contributed by atoms with E-state index in [0.29, 0.717) is 0 Å². The minimum atomic E-state index is -0.134. The molecule has 2 nitrogen and oxygen atoms in total. The highest BCUT2D eigenvalue weighted by molar-refractivity contribution is 6.17. The molecule has 0 unspecified atom stereocenters. The number of anilines is 3. The number of nitrogens with zero attached hydrogens (tertiary/aromatic N) is 1. The largest absolute Gasteiger partial charge is 0.455 e. The number of hydrogen-bond donors (Lipinski definition) is 0. The lowest BCUT2D eigenvalue weighted by Gasteiger charge is -2.30. The number of rotatable bonds is 6. The summed E-state index contributed by atoms with van der Waals surface area (Å²) < 4.78 is 6.80. The molecule has 1 aromatic heterocycles. The van der Waals surface area contributed by atoms with Gasteiger partial charge in [-0.2, -0.15) is 0 Å². The summed E-state index contributed by atoms with van der Waals surface area (Å²) in [6.45, 7) is 4.70. The van der Waals surface area contributed by atoms with Crippen molar-refractivity contribution in [2.75, 3.05) is 4.90 Å². The third-order valence-corrected chi connectivity index (χ3v) is 11.1. The van der Waals surface area contributed by atoms with Gasteiger partial charge in [-0.05, 0) is 80.9 Å². The van der Waals surface area contributed by atoms with Crippen molar-refractivity contribution in [1.82, 2.24) is 0 Å². The predicted octanol–water partition coefficient (Wildman–Crippen LogP) is 14.4. The van der Waals surface area contributed by atoms with Crippen molar-refractivity contribution in [3.63, 3.8) is 0 Å². The monoisotopic (exact) mass is 679 g/mol. The minimum absolute atomic E-state index is 0.134. The van der Waals surface area contributed by atoms with Gasteiger partial charge in [-0.25, -0.2) is 0 Å². The first-order valence-electron chi connectivity index (χ1n) is 18.4. The third-order valence-electron chi connectivity index (χ3n) is 11.1. The normalized spacial score (nSPS) is 12.9. The van der Waals surface area contributed by atoms with Crippen LogP contribution in [0.1, 0.15) is 25.0 Å². The molecule has 2 heteroatoms. The van der Waals surface area contributed by atoms with Crippen molar-refractivity contribution in [2.45, 2.75) is 19.3 Å². The zero-order chi connectivity index (χ0) is 35.5. The van der Waals surface area contributed by atoms with Gasteiger partial charge in [0, 0.05) is 27.6 Å². The molecule has 0 saturated carbocycles. The summed E-state index contributed by atoms with van der Waals surface area (Å²) in [5, 5.41) is 2.20. The zero-order valence-corrected chi connectivity index (χ0v) is 29.8. The summed E-state index contributed by atoms with van der Waals surface area (Å²) in [4.78, 5) is 2.47. The Bertz CT molecular complexity index is 2790. The van der Waals surface area contributed by atoms with Crippen LogP contribution in [0.4, 0.5) is 17.1 Å². The molecule has 0 bridgehead atoms. The Labute approximate surface area is 310 Å². The average Bonchev–Trinajstić information content (AvgIpc) is 3.72. The van der Waals surface area contributed by atoms with Gasteiger partial charge in [-0.1, -0.05) is 166 Å². The molecule has 0 atom stereocenters. The first-order valence-corrected chi connectivity index (χ1v) is 18.4. The smallest absolute Gasteiger partial charge is 0.145 e. The Hall–Kier alpha value is -6.64. The van der Waals surface area contributed by atoms with E-state index < -0.39 is 0 Å². The molecule has 9 aromatic rings. The third kappa shape index (κ3) is 5.02. The Morgan fingerprint density at radius 1 is 0.434 bits per heavy atom. The Balaban J connectivity index is 1.23. The molecule has 10 rings (SSSR count). The molecule has 0 amide bonds. The van der Waals surface area contributed by atoms with E-state index >= 15 is 0 Å². The lowest BCUT2D eigenvalue weighted by molar-refractivity contribution is 0.660. The van der Waals surface area contributed by atoms with Gasteiger partial charge < -0.3 is 9.32 Å². The number of para-hydroxylation sites is 1. The molecular formula is C51H37NO. The fourth-order valence-corrected chi connectivity index (χ4v) is 8.48. The number of hydrogen-bond acceptors (Lipinski definition) is 2. The van der Waals surface area contributed by atoms with Crippen LogP contribution in [0.2, 0.25) is 0 Å². The van der Waals surface area contributed by atoms with Crippen molar-refractivity contribution >= 4 is 39.0 Å². The van der Waals surface area contributed by atoms with Crippen LogP contribution in [0.3, 0.4) is 0 Å². The van der Waals surface area contributed by atoms with E-state index in [1.807, 2.05) is 0 Å². The fraction of sp³-hybridized carbons (Fsp3) is 0.0588. The summed E-state index contributed by atoms with van der Waals surface area (Å²) in [6.07, 6.45) is 0. The maximum atomic E-state index is 6.80. The number of fused-ring (bicyclic) bond motifs is 6. The summed E-state index contributed by atoms with van der Waals surface area (Å²) in [7, 11) is 0. The predicted molar refractivity (Wildman–Crippen MR) is 222 cm³/mol. The molecule has 0 N–H and O–H groups in total. The van der Waals surface area contributed by atoms with Crippen molar-refractivity contribution in [3.8, 4) is 44.5 Å². The van der Waals surface area contributed by atoms with Crippen LogP contribution in [-0.4, -0.2) is 0 Å². The highest BCUT2D eigenvalue weighted by atomic mass is 16.3. The van der Waals surface area contributed by atoms with Crippen LogP contribution in [0.25, 0.3) is 66.4 Å². The van der Waals surface area contributed by atoms with Crippen LogP contribution in [0.5, 0.6) is 0 Å². The molecule has 1 aliphatic rings. The average molecular weight is 680 g/mol. The van der Waals surface area contributed by atoms with E-state index in [9.17, 15) is 0 Å². The second-order valence-electron chi connectivity index (χ2n) is 14.5. The van der Waals surface area contributed by atoms with Crippen molar-refractivity contribution in [2.24, 2.45) is 0 Å². The summed E-state index contributed by atoms with van der Waals surface area (Å²) in [5.41, 5.74) is 17.2. The van der Waals surface area contributed by atoms with Gasteiger partial charge in [0.05, 0.1) is 16.8 Å². The molecule has 0 spiro atoms. The molecule has 0 aliphatic heterocycles.